The van der Waals surface area contributed by atoms with E-state index in [9.17, 15) is 5.11 Å². The molecule has 0 unspecified atom stereocenters. The molecule has 0 saturated carbocycles. The summed E-state index contributed by atoms with van der Waals surface area (Å²) in [5.74, 6) is 0.520. The lowest BCUT2D eigenvalue weighted by Gasteiger charge is -2.22. The lowest BCUT2D eigenvalue weighted by molar-refractivity contribution is 0.161. The molecule has 5 heteroatoms. The van der Waals surface area contributed by atoms with Crippen molar-refractivity contribution in [1.82, 2.24) is 4.90 Å². The van der Waals surface area contributed by atoms with Gasteiger partial charge in [0.15, 0.2) is 0 Å². The van der Waals surface area contributed by atoms with Gasteiger partial charge in [0.05, 0.1) is 12.3 Å². The molecule has 4 N–H and O–H groups in total. The zero-order valence-corrected chi connectivity index (χ0v) is 18.3. The van der Waals surface area contributed by atoms with Crippen molar-refractivity contribution in [3.63, 3.8) is 0 Å². The highest BCUT2D eigenvalue weighted by atomic mass is 16.3. The van der Waals surface area contributed by atoms with Crippen molar-refractivity contribution >= 4 is 11.9 Å². The van der Waals surface area contributed by atoms with Crippen LogP contribution in [0, 0.1) is 13.8 Å². The van der Waals surface area contributed by atoms with Crippen LogP contribution in [0.4, 0.5) is 5.69 Å². The highest BCUT2D eigenvalue weighted by Gasteiger charge is 2.23. The molecule has 0 bridgehead atoms. The molecule has 0 radical (unpaired) electrons. The average molecular weight is 407 g/mol. The summed E-state index contributed by atoms with van der Waals surface area (Å²) >= 11 is 0. The summed E-state index contributed by atoms with van der Waals surface area (Å²) in [7, 11) is 0. The summed E-state index contributed by atoms with van der Waals surface area (Å²) in [4.78, 5) is 6.70. The molecular formula is C25H34N4O. The number of anilines is 1. The molecule has 1 heterocycles. The van der Waals surface area contributed by atoms with Gasteiger partial charge in [-0.3, -0.25) is 9.89 Å². The number of nitrogens with two attached hydrogens (primary N) is 1. The summed E-state index contributed by atoms with van der Waals surface area (Å²) in [6, 6.07) is 15.1. The Kier molecular flexibility index (Phi) is 7.66. The summed E-state index contributed by atoms with van der Waals surface area (Å²) in [6.45, 7) is 8.22. The molecule has 2 aromatic rings. The van der Waals surface area contributed by atoms with Gasteiger partial charge in [0.2, 0.25) is 0 Å². The lowest BCUT2D eigenvalue weighted by Crippen LogP contribution is -2.31. The molecule has 160 valence electrons. The van der Waals surface area contributed by atoms with Gasteiger partial charge in [-0.15, -0.1) is 0 Å². The van der Waals surface area contributed by atoms with Gasteiger partial charge in [0.25, 0.3) is 0 Å². The lowest BCUT2D eigenvalue weighted by atomic mass is 9.96. The summed E-state index contributed by atoms with van der Waals surface area (Å²) in [5, 5.41) is 12.9. The van der Waals surface area contributed by atoms with Gasteiger partial charge in [-0.1, -0.05) is 36.4 Å². The minimum atomic E-state index is -0.164. The highest BCUT2D eigenvalue weighted by molar-refractivity contribution is 5.76. The van der Waals surface area contributed by atoms with Crippen LogP contribution < -0.4 is 11.1 Å². The van der Waals surface area contributed by atoms with E-state index >= 15 is 0 Å². The molecule has 1 fully saturated rings. The van der Waals surface area contributed by atoms with Crippen LogP contribution in [0.15, 0.2) is 59.5 Å². The number of aliphatic hydroxyl groups is 1. The second kappa shape index (κ2) is 10.4. The first-order valence-electron chi connectivity index (χ1n) is 10.8. The Morgan fingerprint density at radius 1 is 1.23 bits per heavy atom. The number of nitrogens with zero attached hydrogens (tertiary/aromatic N) is 2. The Morgan fingerprint density at radius 3 is 2.73 bits per heavy atom. The van der Waals surface area contributed by atoms with Crippen LogP contribution in [0.3, 0.4) is 0 Å². The fourth-order valence-electron chi connectivity index (χ4n) is 4.00. The molecule has 1 aliphatic rings. The van der Waals surface area contributed by atoms with Crippen LogP contribution in [0.2, 0.25) is 0 Å². The minimum absolute atomic E-state index is 0.164. The van der Waals surface area contributed by atoms with Gasteiger partial charge in [0, 0.05) is 31.0 Å². The van der Waals surface area contributed by atoms with E-state index in [1.807, 2.05) is 18.3 Å². The second-order valence-electron chi connectivity index (χ2n) is 8.20. The molecule has 30 heavy (non-hydrogen) atoms. The van der Waals surface area contributed by atoms with E-state index in [1.165, 1.54) is 16.7 Å². The van der Waals surface area contributed by atoms with Crippen molar-refractivity contribution in [3.8, 4) is 11.1 Å². The summed E-state index contributed by atoms with van der Waals surface area (Å²) < 4.78 is 0. The van der Waals surface area contributed by atoms with Crippen molar-refractivity contribution in [2.75, 3.05) is 18.4 Å². The Labute approximate surface area is 180 Å². The monoisotopic (exact) mass is 406 g/mol. The van der Waals surface area contributed by atoms with Gasteiger partial charge in [-0.2, -0.15) is 0 Å². The van der Waals surface area contributed by atoms with E-state index in [-0.39, 0.29) is 6.10 Å². The number of nitrogens with one attached hydrogen (secondary N) is 1. The summed E-state index contributed by atoms with van der Waals surface area (Å²) in [5.41, 5.74) is 12.0. The van der Waals surface area contributed by atoms with E-state index in [1.54, 1.807) is 6.20 Å². The first-order chi connectivity index (χ1) is 14.5. The predicted octanol–water partition coefficient (Wildman–Crippen LogP) is 4.45. The van der Waals surface area contributed by atoms with Crippen LogP contribution in [-0.4, -0.2) is 41.5 Å². The Hall–Kier alpha value is -2.63. The average Bonchev–Trinajstić information content (AvgIpc) is 3.16. The molecule has 3 rings (SSSR count). The largest absolute Gasteiger partial charge is 0.392 e. The maximum Gasteiger partial charge on any atom is 0.119 e. The van der Waals surface area contributed by atoms with Crippen molar-refractivity contribution in [3.05, 3.63) is 65.6 Å². The molecule has 0 spiro atoms. The number of rotatable bonds is 8. The van der Waals surface area contributed by atoms with E-state index in [4.69, 9.17) is 5.73 Å². The highest BCUT2D eigenvalue weighted by Crippen LogP contribution is 2.30. The fraction of sp³-hybridized carbons (Fsp3) is 0.400. The third-order valence-corrected chi connectivity index (χ3v) is 5.90. The SMILES string of the molecule is Cc1ccccc1-c1cccc(N/C(N)=C\N=CCC[C@H](C)N2CC[C@@H](O)C2)c1C. The Balaban J connectivity index is 1.56. The van der Waals surface area contributed by atoms with E-state index in [0.717, 1.165) is 43.6 Å². The van der Waals surface area contributed by atoms with Crippen molar-refractivity contribution in [2.45, 2.75) is 52.2 Å². The number of aliphatic imine (C=N–C) groups is 1. The number of aliphatic hydroxyl groups excluding tert-OH is 1. The minimum Gasteiger partial charge on any atom is -0.392 e. The number of aryl methyl sites for hydroxylation is 1. The molecule has 2 atom stereocenters. The van der Waals surface area contributed by atoms with Gasteiger partial charge >= 0.3 is 0 Å². The summed E-state index contributed by atoms with van der Waals surface area (Å²) in [6.07, 6.45) is 6.21. The van der Waals surface area contributed by atoms with Crippen LogP contribution in [-0.2, 0) is 0 Å². The third kappa shape index (κ3) is 5.71. The quantitative estimate of drug-likeness (QED) is 0.567. The molecule has 1 aliphatic heterocycles. The molecule has 0 aliphatic carbocycles. The number of hydrogen-bond acceptors (Lipinski definition) is 5. The van der Waals surface area contributed by atoms with Crippen molar-refractivity contribution < 1.29 is 5.11 Å². The first-order valence-corrected chi connectivity index (χ1v) is 10.8. The fourth-order valence-corrected chi connectivity index (χ4v) is 4.00. The van der Waals surface area contributed by atoms with Gasteiger partial charge in [-0.05, 0) is 68.4 Å². The zero-order valence-electron chi connectivity index (χ0n) is 18.3. The molecule has 1 saturated heterocycles. The van der Waals surface area contributed by atoms with Crippen LogP contribution in [0.25, 0.3) is 11.1 Å². The van der Waals surface area contributed by atoms with Crippen molar-refractivity contribution in [1.29, 1.82) is 0 Å². The zero-order chi connectivity index (χ0) is 21.5. The maximum atomic E-state index is 9.66. The Morgan fingerprint density at radius 2 is 2.00 bits per heavy atom. The van der Waals surface area contributed by atoms with E-state index in [0.29, 0.717) is 11.9 Å². The molecule has 0 amide bonds. The number of hydrogen-bond donors (Lipinski definition) is 3. The van der Waals surface area contributed by atoms with E-state index < -0.39 is 0 Å². The number of β-amino-alcohol motifs (C(OH)–C–C–N with tert-alkyl or cyclic N) is 1. The molecule has 2 aromatic carbocycles. The smallest absolute Gasteiger partial charge is 0.119 e. The second-order valence-corrected chi connectivity index (χ2v) is 8.20. The molecule has 0 aromatic heterocycles. The molecule has 5 nitrogen and oxygen atoms in total. The maximum absolute atomic E-state index is 9.66. The number of likely N-dealkylation sites (tertiary alicyclic amines) is 1. The predicted molar refractivity (Wildman–Crippen MR) is 127 cm³/mol. The first kappa shape index (κ1) is 22.1. The van der Waals surface area contributed by atoms with Crippen molar-refractivity contribution in [2.24, 2.45) is 10.7 Å². The van der Waals surface area contributed by atoms with Crippen LogP contribution in [0.1, 0.15) is 37.3 Å². The normalized spacial score (nSPS) is 18.8. The van der Waals surface area contributed by atoms with Gasteiger partial charge < -0.3 is 16.2 Å². The Bertz CT molecular complexity index is 906. The number of benzene rings is 2. The van der Waals surface area contributed by atoms with Crippen LogP contribution in [0.5, 0.6) is 0 Å². The standard InChI is InChI=1S/C25H34N4O/c1-18-8-4-5-10-22(18)23-11-6-12-24(20(23)3)28-25(26)16-27-14-7-9-19(2)29-15-13-21(30)17-29/h4-6,8,10-12,14,16,19,21,28,30H,7,9,13,15,17,26H2,1-3H3/b25-16-,27-14?/t19-,21+/m0/s1. The third-order valence-electron chi connectivity index (χ3n) is 5.90. The van der Waals surface area contributed by atoms with Crippen LogP contribution >= 0.6 is 0 Å². The van der Waals surface area contributed by atoms with E-state index in [2.05, 4.69) is 66.3 Å². The molecular weight excluding hydrogens is 372 g/mol. The topological polar surface area (TPSA) is 73.9 Å². The van der Waals surface area contributed by atoms with Gasteiger partial charge in [-0.25, -0.2) is 0 Å². The van der Waals surface area contributed by atoms with Gasteiger partial charge in [0.1, 0.15) is 5.82 Å².